The smallest absolute Gasteiger partial charge is 0.263 e. The van der Waals surface area contributed by atoms with Gasteiger partial charge in [-0.05, 0) is 49.4 Å². The minimum absolute atomic E-state index is 0.0768. The van der Waals surface area contributed by atoms with Crippen molar-refractivity contribution in [2.45, 2.75) is 55.3 Å². The van der Waals surface area contributed by atoms with Gasteiger partial charge in [-0.3, -0.25) is 9.62 Å². The second-order valence-electron chi connectivity index (χ2n) is 8.29. The van der Waals surface area contributed by atoms with Crippen LogP contribution in [-0.4, -0.2) is 36.5 Å². The molecule has 3 atom stereocenters. The molecule has 9 heteroatoms. The van der Waals surface area contributed by atoms with Crippen molar-refractivity contribution in [1.82, 2.24) is 9.88 Å². The molecule has 5 rings (SSSR count). The molecule has 2 bridgehead atoms. The number of piperidine rings is 1. The van der Waals surface area contributed by atoms with Crippen molar-refractivity contribution < 1.29 is 13.2 Å². The molecule has 2 aliphatic heterocycles. The summed E-state index contributed by atoms with van der Waals surface area (Å²) in [6, 6.07) is 16.2. The van der Waals surface area contributed by atoms with Crippen LogP contribution in [0.15, 0.2) is 65.0 Å². The zero-order valence-corrected chi connectivity index (χ0v) is 19.7. The van der Waals surface area contributed by atoms with Crippen LogP contribution in [-0.2, 0) is 16.6 Å². The number of hydrogen-bond donors (Lipinski definition) is 1. The Morgan fingerprint density at radius 2 is 1.88 bits per heavy atom. The van der Waals surface area contributed by atoms with Crippen molar-refractivity contribution in [3.8, 4) is 5.75 Å². The number of halogens is 1. The number of sulfonamides is 1. The molecule has 0 radical (unpaired) electrons. The van der Waals surface area contributed by atoms with Crippen molar-refractivity contribution in [3.05, 3.63) is 70.7 Å². The lowest BCUT2D eigenvalue weighted by Crippen LogP contribution is -2.45. The SMILES string of the molecule is O=S(=O)(Nc1nccs1)c1ccc(OC2C[C@H]3CC[C@@H](C2)N3Cc2ccccc2)c(Cl)c1. The maximum absolute atomic E-state index is 12.6. The standard InChI is InChI=1S/C23H24ClN3O3S2/c24-21-14-20(32(28,29)26-23-25-10-11-31-23)8-9-22(21)30-19-12-17-6-7-18(13-19)27(17)15-16-4-2-1-3-5-16/h1-5,8-11,14,17-19H,6-7,12-13,15H2,(H,25,26)/t17-,18+,19?. The summed E-state index contributed by atoms with van der Waals surface area (Å²) in [6.45, 7) is 0.975. The number of nitrogens with one attached hydrogen (secondary N) is 1. The third kappa shape index (κ3) is 4.64. The Morgan fingerprint density at radius 1 is 1.12 bits per heavy atom. The fourth-order valence-electron chi connectivity index (χ4n) is 4.74. The second kappa shape index (κ2) is 9.02. The first-order valence-electron chi connectivity index (χ1n) is 10.7. The molecule has 0 amide bonds. The molecule has 0 aliphatic carbocycles. The topological polar surface area (TPSA) is 71.5 Å². The average Bonchev–Trinajstić information content (AvgIpc) is 3.35. The Labute approximate surface area is 197 Å². The van der Waals surface area contributed by atoms with Crippen LogP contribution in [0.5, 0.6) is 5.75 Å². The van der Waals surface area contributed by atoms with Gasteiger partial charge >= 0.3 is 0 Å². The van der Waals surface area contributed by atoms with Gasteiger partial charge in [0.2, 0.25) is 0 Å². The number of rotatable bonds is 7. The van der Waals surface area contributed by atoms with E-state index in [2.05, 4.69) is 38.9 Å². The minimum atomic E-state index is -3.75. The Balaban J connectivity index is 1.24. The summed E-state index contributed by atoms with van der Waals surface area (Å²) < 4.78 is 33.9. The monoisotopic (exact) mass is 489 g/mol. The van der Waals surface area contributed by atoms with Crippen LogP contribution < -0.4 is 9.46 Å². The van der Waals surface area contributed by atoms with Crippen LogP contribution in [0.4, 0.5) is 5.13 Å². The Bertz CT molecular complexity index is 1160. The van der Waals surface area contributed by atoms with Crippen LogP contribution in [0.3, 0.4) is 0 Å². The summed E-state index contributed by atoms with van der Waals surface area (Å²) in [5.41, 5.74) is 1.34. The third-order valence-corrected chi connectivity index (χ3v) is 8.66. The number of hydrogen-bond acceptors (Lipinski definition) is 6. The highest BCUT2D eigenvalue weighted by Crippen LogP contribution is 2.39. The van der Waals surface area contributed by atoms with E-state index in [0.717, 1.165) is 19.4 Å². The minimum Gasteiger partial charge on any atom is -0.489 e. The second-order valence-corrected chi connectivity index (χ2v) is 11.3. The zero-order valence-electron chi connectivity index (χ0n) is 17.4. The van der Waals surface area contributed by atoms with E-state index >= 15 is 0 Å². The number of aromatic nitrogens is 1. The van der Waals surface area contributed by atoms with Crippen molar-refractivity contribution in [3.63, 3.8) is 0 Å². The quantitative estimate of drug-likeness (QED) is 0.495. The molecule has 0 saturated carbocycles. The predicted octanol–water partition coefficient (Wildman–Crippen LogP) is 5.17. The molecule has 1 N–H and O–H groups in total. The van der Waals surface area contributed by atoms with Crippen LogP contribution in [0.1, 0.15) is 31.2 Å². The number of fused-ring (bicyclic) bond motifs is 2. The molecule has 2 fully saturated rings. The number of anilines is 1. The highest BCUT2D eigenvalue weighted by Gasteiger charge is 2.41. The van der Waals surface area contributed by atoms with E-state index in [1.54, 1.807) is 17.6 Å². The lowest BCUT2D eigenvalue weighted by atomic mass is 9.98. The van der Waals surface area contributed by atoms with Crippen LogP contribution in [0, 0.1) is 0 Å². The van der Waals surface area contributed by atoms with E-state index in [-0.39, 0.29) is 11.0 Å². The third-order valence-electron chi connectivity index (χ3n) is 6.21. The van der Waals surface area contributed by atoms with Gasteiger partial charge in [-0.25, -0.2) is 13.4 Å². The fraction of sp³-hybridized carbons (Fsp3) is 0.348. The first kappa shape index (κ1) is 21.7. The molecule has 1 unspecified atom stereocenters. The van der Waals surface area contributed by atoms with E-state index in [1.165, 1.54) is 41.9 Å². The fourth-order valence-corrected chi connectivity index (χ4v) is 6.85. The van der Waals surface area contributed by atoms with Crippen LogP contribution in [0.2, 0.25) is 5.02 Å². The molecule has 3 heterocycles. The van der Waals surface area contributed by atoms with E-state index in [1.807, 2.05) is 6.07 Å². The summed E-state index contributed by atoms with van der Waals surface area (Å²) in [4.78, 5) is 6.66. The maximum Gasteiger partial charge on any atom is 0.263 e. The lowest BCUT2D eigenvalue weighted by molar-refractivity contribution is 0.0446. The van der Waals surface area contributed by atoms with E-state index in [4.69, 9.17) is 16.3 Å². The molecule has 2 aliphatic rings. The highest BCUT2D eigenvalue weighted by molar-refractivity contribution is 7.93. The van der Waals surface area contributed by atoms with E-state index in [0.29, 0.717) is 28.0 Å². The zero-order chi connectivity index (χ0) is 22.1. The Hall–Kier alpha value is -2.13. The molecule has 1 aromatic heterocycles. The molecule has 3 aromatic rings. The van der Waals surface area contributed by atoms with Gasteiger partial charge in [0.15, 0.2) is 5.13 Å². The van der Waals surface area contributed by atoms with Crippen molar-refractivity contribution in [2.24, 2.45) is 0 Å². The molecule has 2 saturated heterocycles. The van der Waals surface area contributed by atoms with Gasteiger partial charge in [0, 0.05) is 30.2 Å². The summed E-state index contributed by atoms with van der Waals surface area (Å²) in [5, 5.41) is 2.32. The number of benzene rings is 2. The Kier molecular flexibility index (Phi) is 6.11. The summed E-state index contributed by atoms with van der Waals surface area (Å²) >= 11 is 7.64. The van der Waals surface area contributed by atoms with Crippen LogP contribution in [0.25, 0.3) is 0 Å². The van der Waals surface area contributed by atoms with Crippen molar-refractivity contribution in [1.29, 1.82) is 0 Å². The van der Waals surface area contributed by atoms with E-state index in [9.17, 15) is 8.42 Å². The average molecular weight is 490 g/mol. The molecule has 0 spiro atoms. The van der Waals surface area contributed by atoms with Gasteiger partial charge in [0.05, 0.1) is 9.92 Å². The molecular weight excluding hydrogens is 466 g/mol. The van der Waals surface area contributed by atoms with Crippen molar-refractivity contribution in [2.75, 3.05) is 4.72 Å². The largest absolute Gasteiger partial charge is 0.489 e. The summed E-state index contributed by atoms with van der Waals surface area (Å²) in [5.74, 6) is 0.528. The maximum atomic E-state index is 12.6. The van der Waals surface area contributed by atoms with Crippen LogP contribution >= 0.6 is 22.9 Å². The predicted molar refractivity (Wildman–Crippen MR) is 127 cm³/mol. The van der Waals surface area contributed by atoms with Gasteiger partial charge in [0.25, 0.3) is 10.0 Å². The molecule has 32 heavy (non-hydrogen) atoms. The summed E-state index contributed by atoms with van der Waals surface area (Å²) in [7, 11) is -3.75. The number of nitrogens with zero attached hydrogens (tertiary/aromatic N) is 2. The normalized spacial score (nSPS) is 23.2. The van der Waals surface area contributed by atoms with Gasteiger partial charge in [0.1, 0.15) is 11.9 Å². The molecule has 2 aromatic carbocycles. The van der Waals surface area contributed by atoms with Gasteiger partial charge < -0.3 is 4.74 Å². The first-order chi connectivity index (χ1) is 15.5. The lowest BCUT2D eigenvalue weighted by Gasteiger charge is -2.39. The molecule has 6 nitrogen and oxygen atoms in total. The number of thiazole rings is 1. The van der Waals surface area contributed by atoms with Gasteiger partial charge in [-0.2, -0.15) is 0 Å². The Morgan fingerprint density at radius 3 is 2.53 bits per heavy atom. The molecule has 168 valence electrons. The molecular formula is C23H24ClN3O3S2. The van der Waals surface area contributed by atoms with Crippen molar-refractivity contribution >= 4 is 38.1 Å². The van der Waals surface area contributed by atoms with Gasteiger partial charge in [-0.1, -0.05) is 41.9 Å². The highest BCUT2D eigenvalue weighted by atomic mass is 35.5. The number of ether oxygens (including phenoxy) is 1. The first-order valence-corrected chi connectivity index (χ1v) is 13.4. The summed E-state index contributed by atoms with van der Waals surface area (Å²) in [6.07, 6.45) is 5.89. The van der Waals surface area contributed by atoms with E-state index < -0.39 is 10.0 Å². The van der Waals surface area contributed by atoms with Gasteiger partial charge in [-0.15, -0.1) is 11.3 Å².